The molecule has 1 saturated carbocycles. The number of aliphatic hydroxyl groups excluding tert-OH is 1. The minimum Gasteiger partial charge on any atom is -0.461 e. The van der Waals surface area contributed by atoms with Crippen molar-refractivity contribution in [2.45, 2.75) is 95.0 Å². The minimum atomic E-state index is -1.14. The van der Waals surface area contributed by atoms with Crippen LogP contribution in [0.15, 0.2) is 25.3 Å². The van der Waals surface area contributed by atoms with E-state index in [1.165, 1.54) is 6.08 Å². The lowest BCUT2D eigenvalue weighted by atomic mass is 9.62. The second kappa shape index (κ2) is 10.3. The van der Waals surface area contributed by atoms with Crippen molar-refractivity contribution < 1.29 is 29.0 Å². The Hall–Kier alpha value is -2.19. The zero-order valence-corrected chi connectivity index (χ0v) is 22.0. The number of nitrogens with zero attached hydrogens (tertiary/aromatic N) is 2. The molecule has 0 aromatic heterocycles. The predicted octanol–water partition coefficient (Wildman–Crippen LogP) is 2.84. The number of fused-ring (bicyclic) bond motifs is 1. The number of likely N-dealkylation sites (tertiary alicyclic amines) is 1. The SMILES string of the molecule is C=CCOC(=O)[C@@H]1[C@H]2C(=O)N([C@@H](CC)CO)C(C(=O)N(CC=C)C3CCCCC3)C23CC(C)[C@@]1(C)O3. The van der Waals surface area contributed by atoms with E-state index in [9.17, 15) is 19.5 Å². The van der Waals surface area contributed by atoms with Gasteiger partial charge in [-0.1, -0.05) is 51.8 Å². The van der Waals surface area contributed by atoms with Crippen LogP contribution in [0.4, 0.5) is 0 Å². The van der Waals surface area contributed by atoms with E-state index in [-0.39, 0.29) is 37.0 Å². The maximum atomic E-state index is 14.5. The van der Waals surface area contributed by atoms with Crippen LogP contribution < -0.4 is 0 Å². The van der Waals surface area contributed by atoms with E-state index < -0.39 is 41.1 Å². The normalized spacial score (nSPS) is 36.4. The third-order valence-electron chi connectivity index (χ3n) is 9.28. The Morgan fingerprint density at radius 1 is 1.28 bits per heavy atom. The molecule has 3 unspecified atom stereocenters. The van der Waals surface area contributed by atoms with Gasteiger partial charge in [0.15, 0.2) is 0 Å². The van der Waals surface area contributed by atoms with E-state index >= 15 is 0 Å². The van der Waals surface area contributed by atoms with Crippen LogP contribution >= 0.6 is 0 Å². The van der Waals surface area contributed by atoms with Gasteiger partial charge in [-0.15, -0.1) is 6.58 Å². The van der Waals surface area contributed by atoms with Gasteiger partial charge in [0.25, 0.3) is 0 Å². The van der Waals surface area contributed by atoms with Gasteiger partial charge in [0.1, 0.15) is 24.2 Å². The Balaban J connectivity index is 1.81. The molecule has 3 saturated heterocycles. The van der Waals surface area contributed by atoms with Gasteiger partial charge in [-0.2, -0.15) is 0 Å². The quantitative estimate of drug-likeness (QED) is 0.365. The molecule has 1 N–H and O–H groups in total. The molecule has 4 rings (SSSR count). The Kier molecular flexibility index (Phi) is 7.68. The molecule has 2 bridgehead atoms. The number of esters is 1. The van der Waals surface area contributed by atoms with Gasteiger partial charge in [0.05, 0.1) is 24.2 Å². The summed E-state index contributed by atoms with van der Waals surface area (Å²) in [7, 11) is 0. The fourth-order valence-corrected chi connectivity index (χ4v) is 7.46. The molecule has 4 fully saturated rings. The standard InChI is InChI=1S/C28H42N2O6/c1-6-14-29(20-12-10-9-11-13-20)25(33)23-28-16-18(4)27(5,36-28)22(26(34)35-15-7-2)21(28)24(32)30(23)19(8-3)17-31/h6-7,18-23,31H,1-2,8-17H2,3-5H3/t18?,19-,21-,22-,23?,27+,28?/m0/s1. The van der Waals surface area contributed by atoms with Crippen molar-refractivity contribution in [3.05, 3.63) is 25.3 Å². The Bertz CT molecular complexity index is 896. The maximum Gasteiger partial charge on any atom is 0.313 e. The molecule has 8 nitrogen and oxygen atoms in total. The molecule has 0 aromatic carbocycles. The average Bonchev–Trinajstić information content (AvgIpc) is 3.39. The number of carbonyl (C=O) groups is 3. The van der Waals surface area contributed by atoms with Crippen molar-refractivity contribution in [1.82, 2.24) is 9.80 Å². The second-order valence-electron chi connectivity index (χ2n) is 11.2. The fraction of sp³-hybridized carbons (Fsp3) is 0.750. The van der Waals surface area contributed by atoms with Crippen LogP contribution in [0.5, 0.6) is 0 Å². The number of carbonyl (C=O) groups excluding carboxylic acids is 3. The lowest BCUT2D eigenvalue weighted by Gasteiger charge is -2.42. The number of hydrogen-bond acceptors (Lipinski definition) is 6. The molecule has 3 heterocycles. The first-order valence-corrected chi connectivity index (χ1v) is 13.5. The van der Waals surface area contributed by atoms with Crippen molar-refractivity contribution in [3.8, 4) is 0 Å². The zero-order valence-electron chi connectivity index (χ0n) is 22.0. The highest BCUT2D eigenvalue weighted by molar-refractivity contribution is 5.99. The third-order valence-corrected chi connectivity index (χ3v) is 9.28. The minimum absolute atomic E-state index is 0.0444. The fourth-order valence-electron chi connectivity index (χ4n) is 7.46. The molecule has 36 heavy (non-hydrogen) atoms. The first kappa shape index (κ1) is 26.9. The predicted molar refractivity (Wildman–Crippen MR) is 135 cm³/mol. The molecule has 4 aliphatic rings. The summed E-state index contributed by atoms with van der Waals surface area (Å²) < 4.78 is 12.2. The molecule has 200 valence electrons. The van der Waals surface area contributed by atoms with Crippen molar-refractivity contribution in [2.75, 3.05) is 19.8 Å². The van der Waals surface area contributed by atoms with E-state index in [0.717, 1.165) is 32.1 Å². The molecule has 3 aliphatic heterocycles. The van der Waals surface area contributed by atoms with Crippen molar-refractivity contribution in [2.24, 2.45) is 17.8 Å². The van der Waals surface area contributed by atoms with Crippen LogP contribution in [0.25, 0.3) is 0 Å². The smallest absolute Gasteiger partial charge is 0.313 e. The van der Waals surface area contributed by atoms with E-state index in [4.69, 9.17) is 9.47 Å². The lowest BCUT2D eigenvalue weighted by molar-refractivity contribution is -0.163. The summed E-state index contributed by atoms with van der Waals surface area (Å²) in [6.45, 7) is 13.5. The highest BCUT2D eigenvalue weighted by Crippen LogP contribution is 2.65. The van der Waals surface area contributed by atoms with Gasteiger partial charge in [0.2, 0.25) is 11.8 Å². The van der Waals surface area contributed by atoms with E-state index in [1.807, 2.05) is 25.7 Å². The molecule has 8 heteroatoms. The number of amides is 2. The first-order valence-electron chi connectivity index (χ1n) is 13.5. The van der Waals surface area contributed by atoms with E-state index in [1.54, 1.807) is 11.0 Å². The van der Waals surface area contributed by atoms with E-state index in [0.29, 0.717) is 19.4 Å². The topological polar surface area (TPSA) is 96.4 Å². The Morgan fingerprint density at radius 2 is 1.97 bits per heavy atom. The summed E-state index contributed by atoms with van der Waals surface area (Å²) in [5.41, 5.74) is -2.06. The van der Waals surface area contributed by atoms with E-state index in [2.05, 4.69) is 13.2 Å². The monoisotopic (exact) mass is 502 g/mol. The van der Waals surface area contributed by atoms with Crippen LogP contribution in [0.3, 0.4) is 0 Å². The van der Waals surface area contributed by atoms with Gasteiger partial charge >= 0.3 is 5.97 Å². The summed E-state index contributed by atoms with van der Waals surface area (Å²) in [6, 6.07) is -1.37. The first-order chi connectivity index (χ1) is 17.2. The molecular formula is C28H42N2O6. The van der Waals surface area contributed by atoms with Crippen molar-refractivity contribution in [1.29, 1.82) is 0 Å². The van der Waals surface area contributed by atoms with Gasteiger partial charge in [-0.25, -0.2) is 0 Å². The molecule has 0 aromatic rings. The van der Waals surface area contributed by atoms with Crippen LogP contribution in [0, 0.1) is 17.8 Å². The van der Waals surface area contributed by atoms with Crippen LogP contribution in [0.1, 0.15) is 65.7 Å². The van der Waals surface area contributed by atoms with Gasteiger partial charge < -0.3 is 24.4 Å². The molecule has 0 radical (unpaired) electrons. The van der Waals surface area contributed by atoms with Crippen LogP contribution in [0.2, 0.25) is 0 Å². The number of ether oxygens (including phenoxy) is 2. The van der Waals surface area contributed by atoms with Gasteiger partial charge in [-0.05, 0) is 38.5 Å². The highest BCUT2D eigenvalue weighted by Gasteiger charge is 2.80. The summed E-state index contributed by atoms with van der Waals surface area (Å²) in [6.07, 6.45) is 9.32. The number of hydrogen-bond donors (Lipinski definition) is 1. The van der Waals surface area contributed by atoms with Gasteiger partial charge in [0, 0.05) is 12.6 Å². The maximum absolute atomic E-state index is 14.5. The van der Waals surface area contributed by atoms with Crippen molar-refractivity contribution >= 4 is 17.8 Å². The second-order valence-corrected chi connectivity index (χ2v) is 11.2. The van der Waals surface area contributed by atoms with Gasteiger partial charge in [-0.3, -0.25) is 14.4 Å². The number of aliphatic hydroxyl groups is 1. The van der Waals surface area contributed by atoms with Crippen LogP contribution in [-0.4, -0.2) is 81.8 Å². The summed E-state index contributed by atoms with van der Waals surface area (Å²) in [5, 5.41) is 10.2. The largest absolute Gasteiger partial charge is 0.461 e. The summed E-state index contributed by atoms with van der Waals surface area (Å²) in [5.74, 6) is -2.68. The molecule has 1 aliphatic carbocycles. The lowest BCUT2D eigenvalue weighted by Crippen LogP contribution is -2.60. The Labute approximate surface area is 214 Å². The third kappa shape index (κ3) is 3.92. The van der Waals surface area contributed by atoms with Crippen LogP contribution in [-0.2, 0) is 23.9 Å². The summed E-state index contributed by atoms with van der Waals surface area (Å²) >= 11 is 0. The molecule has 1 spiro atoms. The average molecular weight is 503 g/mol. The number of rotatable bonds is 10. The van der Waals surface area contributed by atoms with Crippen molar-refractivity contribution in [3.63, 3.8) is 0 Å². The molecule has 2 amide bonds. The molecule has 7 atom stereocenters. The Morgan fingerprint density at radius 3 is 2.56 bits per heavy atom. The highest BCUT2D eigenvalue weighted by atomic mass is 16.6. The molecular weight excluding hydrogens is 460 g/mol. The summed E-state index contributed by atoms with van der Waals surface area (Å²) in [4.78, 5) is 45.4. The zero-order chi connectivity index (χ0) is 26.3.